The lowest BCUT2D eigenvalue weighted by molar-refractivity contribution is -0.135. The molecule has 0 bridgehead atoms. The summed E-state index contributed by atoms with van der Waals surface area (Å²) in [6.45, 7) is 0. The number of aliphatic hydroxyl groups excluding tert-OH is 2. The van der Waals surface area contributed by atoms with Crippen LogP contribution in [0.5, 0.6) is 5.75 Å². The highest BCUT2D eigenvalue weighted by Crippen LogP contribution is 2.49. The average Bonchev–Trinajstić information content (AvgIpc) is 2.59. The van der Waals surface area contributed by atoms with Crippen molar-refractivity contribution in [2.24, 2.45) is 29.2 Å². The number of primary amides is 1. The smallest absolute Gasteiger partial charge is 0.255 e. The molecule has 3 aliphatic carbocycles. The SMILES string of the molecule is NC(=O)C1=C(O)C(N)C2CC3Cc4cccc(O)c4C(O)=C3C(=O)C2C1=O. The summed E-state index contributed by atoms with van der Waals surface area (Å²) < 4.78 is 0. The van der Waals surface area contributed by atoms with E-state index < -0.39 is 52.6 Å². The molecule has 8 heteroatoms. The van der Waals surface area contributed by atoms with Gasteiger partial charge in [0.25, 0.3) is 5.91 Å². The van der Waals surface area contributed by atoms with E-state index in [0.717, 1.165) is 0 Å². The van der Waals surface area contributed by atoms with Crippen LogP contribution in [0.1, 0.15) is 17.5 Å². The van der Waals surface area contributed by atoms with Gasteiger partial charge in [-0.2, -0.15) is 0 Å². The second-order valence-electron chi connectivity index (χ2n) is 7.23. The summed E-state index contributed by atoms with van der Waals surface area (Å²) in [5, 5.41) is 30.9. The number of fused-ring (bicyclic) bond motifs is 3. The minimum atomic E-state index is -1.29. The number of ketones is 2. The molecule has 0 radical (unpaired) electrons. The Labute approximate surface area is 153 Å². The summed E-state index contributed by atoms with van der Waals surface area (Å²) in [4.78, 5) is 37.4. The number of nitrogens with two attached hydrogens (primary N) is 2. The first kappa shape index (κ1) is 17.3. The highest BCUT2D eigenvalue weighted by atomic mass is 16.3. The molecule has 4 atom stereocenters. The molecule has 1 amide bonds. The van der Waals surface area contributed by atoms with Crippen LogP contribution in [0, 0.1) is 17.8 Å². The Kier molecular flexibility index (Phi) is 3.64. The fourth-order valence-corrected chi connectivity index (χ4v) is 4.64. The first-order valence-electron chi connectivity index (χ1n) is 8.55. The third-order valence-corrected chi connectivity index (χ3v) is 5.84. The highest BCUT2D eigenvalue weighted by Gasteiger charge is 2.54. The molecule has 0 aliphatic heterocycles. The molecule has 140 valence electrons. The molecule has 4 unspecified atom stereocenters. The zero-order valence-corrected chi connectivity index (χ0v) is 14.2. The summed E-state index contributed by atoms with van der Waals surface area (Å²) >= 11 is 0. The molecule has 0 aromatic heterocycles. The average molecular weight is 370 g/mol. The number of hydrogen-bond acceptors (Lipinski definition) is 7. The van der Waals surface area contributed by atoms with Gasteiger partial charge in [-0.15, -0.1) is 0 Å². The van der Waals surface area contributed by atoms with Crippen molar-refractivity contribution < 1.29 is 29.7 Å². The maximum Gasteiger partial charge on any atom is 0.255 e. The van der Waals surface area contributed by atoms with Crippen LogP contribution < -0.4 is 11.5 Å². The van der Waals surface area contributed by atoms with Crippen LogP contribution >= 0.6 is 0 Å². The number of phenolic OH excluding ortho intramolecular Hbond substituents is 1. The van der Waals surface area contributed by atoms with E-state index in [1.165, 1.54) is 6.07 Å². The lowest BCUT2D eigenvalue weighted by atomic mass is 9.60. The van der Waals surface area contributed by atoms with Gasteiger partial charge in [0, 0.05) is 5.57 Å². The van der Waals surface area contributed by atoms with Crippen molar-refractivity contribution in [2.75, 3.05) is 0 Å². The molecular weight excluding hydrogens is 352 g/mol. The highest BCUT2D eigenvalue weighted by molar-refractivity contribution is 6.28. The normalized spacial score (nSPS) is 30.0. The van der Waals surface area contributed by atoms with E-state index in [2.05, 4.69) is 0 Å². The number of aliphatic hydroxyl groups is 2. The number of hydrogen-bond donors (Lipinski definition) is 5. The molecular formula is C19H18N2O6. The summed E-state index contributed by atoms with van der Waals surface area (Å²) in [7, 11) is 0. The van der Waals surface area contributed by atoms with Crippen LogP contribution in [0.25, 0.3) is 5.76 Å². The fourth-order valence-electron chi connectivity index (χ4n) is 4.64. The number of benzene rings is 1. The second-order valence-corrected chi connectivity index (χ2v) is 7.23. The van der Waals surface area contributed by atoms with Crippen molar-refractivity contribution in [2.45, 2.75) is 18.9 Å². The Bertz CT molecular complexity index is 976. The number of Topliss-reactive ketones (excluding diaryl/α,β-unsaturated/α-hetero) is 2. The summed E-state index contributed by atoms with van der Waals surface area (Å²) in [5.74, 6) is -6.18. The third-order valence-electron chi connectivity index (χ3n) is 5.84. The maximum atomic E-state index is 13.1. The van der Waals surface area contributed by atoms with Crippen LogP contribution in [0.2, 0.25) is 0 Å². The molecule has 4 rings (SSSR count). The molecule has 1 saturated carbocycles. The Hall–Kier alpha value is -3.13. The first-order chi connectivity index (χ1) is 12.7. The number of aromatic hydroxyl groups is 1. The summed E-state index contributed by atoms with van der Waals surface area (Å²) in [6, 6.07) is 3.71. The third kappa shape index (κ3) is 2.23. The lowest BCUT2D eigenvalue weighted by Gasteiger charge is -2.43. The van der Waals surface area contributed by atoms with Crippen LogP contribution in [0.4, 0.5) is 0 Å². The predicted octanol–water partition coefficient (Wildman–Crippen LogP) is 0.246. The van der Waals surface area contributed by atoms with Crippen molar-refractivity contribution in [3.8, 4) is 5.75 Å². The van der Waals surface area contributed by atoms with E-state index in [9.17, 15) is 29.7 Å². The van der Waals surface area contributed by atoms with Gasteiger partial charge in [-0.25, -0.2) is 0 Å². The summed E-state index contributed by atoms with van der Waals surface area (Å²) in [6.07, 6.45) is 0.653. The monoisotopic (exact) mass is 370 g/mol. The Morgan fingerprint density at radius 1 is 1.11 bits per heavy atom. The van der Waals surface area contributed by atoms with Crippen molar-refractivity contribution in [3.63, 3.8) is 0 Å². The van der Waals surface area contributed by atoms with Gasteiger partial charge < -0.3 is 26.8 Å². The van der Waals surface area contributed by atoms with Gasteiger partial charge >= 0.3 is 0 Å². The molecule has 1 fully saturated rings. The first-order valence-corrected chi connectivity index (χ1v) is 8.55. The van der Waals surface area contributed by atoms with Crippen molar-refractivity contribution >= 4 is 23.2 Å². The van der Waals surface area contributed by atoms with Crippen LogP contribution in [-0.2, 0) is 20.8 Å². The number of carbonyl (C=O) groups excluding carboxylic acids is 3. The minimum Gasteiger partial charge on any atom is -0.510 e. The van der Waals surface area contributed by atoms with Gasteiger partial charge in [-0.3, -0.25) is 14.4 Å². The maximum absolute atomic E-state index is 13.1. The van der Waals surface area contributed by atoms with Gasteiger partial charge in [0.1, 0.15) is 22.8 Å². The molecule has 0 saturated heterocycles. The fraction of sp³-hybridized carbons (Fsp3) is 0.316. The van der Waals surface area contributed by atoms with E-state index in [1.807, 2.05) is 0 Å². The van der Waals surface area contributed by atoms with Crippen molar-refractivity contribution in [3.05, 3.63) is 46.2 Å². The topological polar surface area (TPSA) is 164 Å². The van der Waals surface area contributed by atoms with Crippen molar-refractivity contribution in [1.29, 1.82) is 0 Å². The molecule has 27 heavy (non-hydrogen) atoms. The zero-order valence-electron chi connectivity index (χ0n) is 14.2. The molecule has 0 spiro atoms. The number of carbonyl (C=O) groups is 3. The van der Waals surface area contributed by atoms with Crippen LogP contribution in [0.3, 0.4) is 0 Å². The molecule has 1 aromatic rings. The second kappa shape index (κ2) is 5.68. The largest absolute Gasteiger partial charge is 0.510 e. The molecule has 1 aromatic carbocycles. The number of phenols is 1. The van der Waals surface area contributed by atoms with Crippen LogP contribution in [-0.4, -0.2) is 38.8 Å². The van der Waals surface area contributed by atoms with E-state index in [1.54, 1.807) is 12.1 Å². The van der Waals surface area contributed by atoms with Gasteiger partial charge in [0.15, 0.2) is 11.6 Å². The summed E-state index contributed by atoms with van der Waals surface area (Å²) in [5.41, 5.74) is 11.5. The van der Waals surface area contributed by atoms with E-state index in [4.69, 9.17) is 11.5 Å². The van der Waals surface area contributed by atoms with Crippen molar-refractivity contribution in [1.82, 2.24) is 0 Å². The van der Waals surface area contributed by atoms with Crippen LogP contribution in [0.15, 0.2) is 35.1 Å². The number of allylic oxidation sites excluding steroid dienone is 1. The van der Waals surface area contributed by atoms with Gasteiger partial charge in [0.05, 0.1) is 17.5 Å². The van der Waals surface area contributed by atoms with Gasteiger partial charge in [0.2, 0.25) is 0 Å². The number of amides is 1. The van der Waals surface area contributed by atoms with Gasteiger partial charge in [-0.1, -0.05) is 12.1 Å². The Morgan fingerprint density at radius 3 is 2.48 bits per heavy atom. The quantitative estimate of drug-likeness (QED) is 0.349. The Balaban J connectivity index is 1.87. The standard InChI is InChI=1S/C19H18N2O6/c20-14-8-5-7-4-6-2-1-3-9(22)10(6)15(23)11(7)16(24)12(8)17(25)13(18(14)26)19(21)27/h1-3,7-8,12,14,22-23,26H,4-5,20H2,(H2,21,27). The lowest BCUT2D eigenvalue weighted by Crippen LogP contribution is -2.54. The minimum absolute atomic E-state index is 0.0519. The van der Waals surface area contributed by atoms with Gasteiger partial charge in [-0.05, 0) is 36.3 Å². The van der Waals surface area contributed by atoms with E-state index in [0.29, 0.717) is 12.0 Å². The predicted molar refractivity (Wildman–Crippen MR) is 93.3 cm³/mol. The number of rotatable bonds is 1. The molecule has 8 nitrogen and oxygen atoms in total. The molecule has 0 heterocycles. The Morgan fingerprint density at radius 2 is 1.81 bits per heavy atom. The van der Waals surface area contributed by atoms with E-state index >= 15 is 0 Å². The molecule has 3 aliphatic rings. The van der Waals surface area contributed by atoms with E-state index in [-0.39, 0.29) is 29.1 Å². The zero-order chi connectivity index (χ0) is 19.6. The molecule has 7 N–H and O–H groups in total.